The van der Waals surface area contributed by atoms with E-state index in [1.807, 2.05) is 19.5 Å². The lowest BCUT2D eigenvalue weighted by Gasteiger charge is -2.15. The Hall–Kier alpha value is -2.06. The molecule has 0 aliphatic rings. The molecule has 3 aromatic heterocycles. The van der Waals surface area contributed by atoms with Gasteiger partial charge in [0.05, 0.1) is 16.9 Å². The van der Waals surface area contributed by atoms with E-state index < -0.39 is 0 Å². The normalized spacial score (nSPS) is 11.6. The number of nitrogens with zero attached hydrogens (tertiary/aromatic N) is 5. The minimum absolute atomic E-state index is 0.140. The molecule has 3 rings (SSSR count). The first kappa shape index (κ1) is 13.9. The van der Waals surface area contributed by atoms with Gasteiger partial charge >= 0.3 is 0 Å². The van der Waals surface area contributed by atoms with Crippen molar-refractivity contribution in [1.29, 1.82) is 0 Å². The van der Waals surface area contributed by atoms with Crippen LogP contribution in [0.15, 0.2) is 22.7 Å². The van der Waals surface area contributed by atoms with Gasteiger partial charge in [-0.3, -0.25) is 9.89 Å². The molecule has 0 spiro atoms. The minimum Gasteiger partial charge on any atom is -0.300 e. The summed E-state index contributed by atoms with van der Waals surface area (Å²) in [7, 11) is 2.02. The van der Waals surface area contributed by atoms with Crippen molar-refractivity contribution in [2.45, 2.75) is 19.9 Å². The molecule has 8 heteroatoms. The summed E-state index contributed by atoms with van der Waals surface area (Å²) in [5.74, 6) is 0.407. The predicted octanol–water partition coefficient (Wildman–Crippen LogP) is 0.857. The third-order valence-electron chi connectivity index (χ3n) is 3.32. The van der Waals surface area contributed by atoms with Crippen LogP contribution >= 0.6 is 11.3 Å². The Morgan fingerprint density at radius 2 is 2.29 bits per heavy atom. The van der Waals surface area contributed by atoms with Crippen molar-refractivity contribution in [2.75, 3.05) is 13.6 Å². The summed E-state index contributed by atoms with van der Waals surface area (Å²) in [5.41, 5.74) is 3.57. The summed E-state index contributed by atoms with van der Waals surface area (Å²) in [5, 5.41) is 2.73. The van der Waals surface area contributed by atoms with Crippen LogP contribution < -0.4 is 5.56 Å². The number of aromatic amines is 1. The van der Waals surface area contributed by atoms with Crippen LogP contribution in [-0.2, 0) is 13.0 Å². The molecule has 0 bridgehead atoms. The first-order valence-corrected chi connectivity index (χ1v) is 7.51. The van der Waals surface area contributed by atoms with E-state index >= 15 is 0 Å². The Balaban J connectivity index is 1.67. The number of rotatable bonds is 5. The average molecular weight is 304 g/mol. The van der Waals surface area contributed by atoms with Crippen LogP contribution in [0.4, 0.5) is 0 Å². The van der Waals surface area contributed by atoms with Gasteiger partial charge in [-0.25, -0.2) is 15.0 Å². The standard InChI is InChI=1S/C13H16N6OS/c1-9-11(21-8-15-9)3-4-18(2)6-10-5-12(20)19-13(17-10)14-7-16-19/h5,7-8H,3-4,6H2,1-2H3,(H,14,16,17). The van der Waals surface area contributed by atoms with Gasteiger partial charge in [0.1, 0.15) is 6.33 Å². The lowest BCUT2D eigenvalue weighted by molar-refractivity contribution is 0.327. The Morgan fingerprint density at radius 1 is 1.43 bits per heavy atom. The van der Waals surface area contributed by atoms with Gasteiger partial charge in [-0.15, -0.1) is 11.3 Å². The van der Waals surface area contributed by atoms with Crippen molar-refractivity contribution in [3.8, 4) is 0 Å². The summed E-state index contributed by atoms with van der Waals surface area (Å²) in [6.07, 6.45) is 2.42. The highest BCUT2D eigenvalue weighted by atomic mass is 32.1. The second-order valence-corrected chi connectivity index (χ2v) is 5.90. The molecule has 0 atom stereocenters. The zero-order chi connectivity index (χ0) is 14.8. The van der Waals surface area contributed by atoms with Gasteiger partial charge in [-0.05, 0) is 20.4 Å². The molecule has 3 heterocycles. The highest BCUT2D eigenvalue weighted by Crippen LogP contribution is 2.13. The van der Waals surface area contributed by atoms with E-state index in [9.17, 15) is 4.79 Å². The van der Waals surface area contributed by atoms with Crippen LogP contribution in [0.1, 0.15) is 16.3 Å². The van der Waals surface area contributed by atoms with Gasteiger partial charge in [0.2, 0.25) is 0 Å². The van der Waals surface area contributed by atoms with E-state index in [1.165, 1.54) is 15.7 Å². The fourth-order valence-corrected chi connectivity index (χ4v) is 2.93. The first-order valence-electron chi connectivity index (χ1n) is 6.63. The monoisotopic (exact) mass is 304 g/mol. The van der Waals surface area contributed by atoms with Crippen LogP contribution in [0.25, 0.3) is 5.78 Å². The first-order chi connectivity index (χ1) is 10.1. The van der Waals surface area contributed by atoms with E-state index in [-0.39, 0.29) is 5.56 Å². The van der Waals surface area contributed by atoms with Crippen LogP contribution in [0.3, 0.4) is 0 Å². The molecule has 0 aliphatic carbocycles. The third kappa shape index (κ3) is 3.01. The number of likely N-dealkylation sites (N-methyl/N-ethyl adjacent to an activating group) is 1. The summed E-state index contributed by atoms with van der Waals surface area (Å²) in [6.45, 7) is 3.54. The second kappa shape index (κ2) is 5.74. The van der Waals surface area contributed by atoms with Gasteiger partial charge in [-0.2, -0.15) is 4.52 Å². The van der Waals surface area contributed by atoms with Crippen LogP contribution in [0.2, 0.25) is 0 Å². The summed E-state index contributed by atoms with van der Waals surface area (Å²) < 4.78 is 1.32. The Kier molecular flexibility index (Phi) is 3.80. The van der Waals surface area contributed by atoms with E-state index in [1.54, 1.807) is 17.4 Å². The van der Waals surface area contributed by atoms with Crippen molar-refractivity contribution in [3.05, 3.63) is 44.5 Å². The Labute approximate surface area is 125 Å². The van der Waals surface area contributed by atoms with Gasteiger partial charge < -0.3 is 4.90 Å². The maximum Gasteiger partial charge on any atom is 0.274 e. The quantitative estimate of drug-likeness (QED) is 0.756. The number of thiazole rings is 1. The van der Waals surface area contributed by atoms with Crippen LogP contribution in [0, 0.1) is 6.92 Å². The molecule has 0 aromatic carbocycles. The van der Waals surface area contributed by atoms with Crippen molar-refractivity contribution in [3.63, 3.8) is 0 Å². The van der Waals surface area contributed by atoms with Gasteiger partial charge in [0.25, 0.3) is 11.3 Å². The highest BCUT2D eigenvalue weighted by molar-refractivity contribution is 7.09. The van der Waals surface area contributed by atoms with Crippen molar-refractivity contribution >= 4 is 17.1 Å². The number of aromatic nitrogens is 5. The number of aryl methyl sites for hydroxylation is 1. The smallest absolute Gasteiger partial charge is 0.274 e. The average Bonchev–Trinajstić information content (AvgIpc) is 3.05. The number of nitrogens with one attached hydrogen (secondary N) is 1. The number of hydrogen-bond acceptors (Lipinski definition) is 6. The summed E-state index contributed by atoms with van der Waals surface area (Å²) >= 11 is 1.68. The molecule has 7 nitrogen and oxygen atoms in total. The molecule has 3 aromatic rings. The molecule has 1 N–H and O–H groups in total. The molecule has 0 saturated carbocycles. The van der Waals surface area contributed by atoms with Gasteiger partial charge in [0.15, 0.2) is 0 Å². The van der Waals surface area contributed by atoms with E-state index in [2.05, 4.69) is 25.0 Å². The third-order valence-corrected chi connectivity index (χ3v) is 4.31. The number of hydrogen-bond donors (Lipinski definition) is 1. The van der Waals surface area contributed by atoms with E-state index in [0.717, 1.165) is 24.4 Å². The number of H-pyrrole nitrogens is 1. The molecule has 21 heavy (non-hydrogen) atoms. The molecular formula is C13H16N6OS. The van der Waals surface area contributed by atoms with Crippen molar-refractivity contribution < 1.29 is 0 Å². The zero-order valence-electron chi connectivity index (χ0n) is 11.9. The van der Waals surface area contributed by atoms with Crippen molar-refractivity contribution in [2.24, 2.45) is 0 Å². The van der Waals surface area contributed by atoms with Gasteiger partial charge in [-0.1, -0.05) is 0 Å². The topological polar surface area (TPSA) is 79.2 Å². The SMILES string of the molecule is Cc1ncsc1CCN(C)Cc1cc(=O)n2[nH]cnc2n1. The number of fused-ring (bicyclic) bond motifs is 1. The molecule has 0 fully saturated rings. The molecule has 0 amide bonds. The fraction of sp³-hybridized carbons (Fsp3) is 0.385. The molecule has 0 unspecified atom stereocenters. The molecule has 0 saturated heterocycles. The maximum atomic E-state index is 11.9. The molecule has 0 aliphatic heterocycles. The Bertz CT molecular complexity index is 804. The minimum atomic E-state index is -0.140. The van der Waals surface area contributed by atoms with Gasteiger partial charge in [0, 0.05) is 24.0 Å². The summed E-state index contributed by atoms with van der Waals surface area (Å²) in [4.78, 5) is 27.9. The van der Waals surface area contributed by atoms with Crippen molar-refractivity contribution in [1.82, 2.24) is 29.5 Å². The second-order valence-electron chi connectivity index (χ2n) is 4.96. The maximum absolute atomic E-state index is 11.9. The lowest BCUT2D eigenvalue weighted by Crippen LogP contribution is -2.24. The van der Waals surface area contributed by atoms with E-state index in [4.69, 9.17) is 0 Å². The fourth-order valence-electron chi connectivity index (χ4n) is 2.16. The van der Waals surface area contributed by atoms with Crippen LogP contribution in [-0.4, -0.2) is 43.1 Å². The predicted molar refractivity (Wildman–Crippen MR) is 80.5 cm³/mol. The largest absolute Gasteiger partial charge is 0.300 e. The summed E-state index contributed by atoms with van der Waals surface area (Å²) in [6, 6.07) is 1.54. The highest BCUT2D eigenvalue weighted by Gasteiger charge is 2.08. The molecular weight excluding hydrogens is 288 g/mol. The van der Waals surface area contributed by atoms with E-state index in [0.29, 0.717) is 12.3 Å². The Morgan fingerprint density at radius 3 is 3.05 bits per heavy atom. The zero-order valence-corrected chi connectivity index (χ0v) is 12.7. The molecule has 110 valence electrons. The van der Waals surface area contributed by atoms with Crippen LogP contribution in [0.5, 0.6) is 0 Å². The lowest BCUT2D eigenvalue weighted by atomic mass is 10.3. The molecule has 0 radical (unpaired) electrons.